The Balaban J connectivity index is 1.26. The quantitative estimate of drug-likeness (QED) is 0.736. The number of rotatable bonds is 6. The van der Waals surface area contributed by atoms with Crippen molar-refractivity contribution in [3.63, 3.8) is 0 Å². The number of benzene rings is 2. The van der Waals surface area contributed by atoms with Crippen LogP contribution in [0.5, 0.6) is 0 Å². The SMILES string of the molecule is c1cc([SiH]2CCC2)ccc1COCc1ccc([SiH]2CCC2)cc1. The molecule has 0 amide bonds. The molecular weight excluding hydrogens is 312 g/mol. The van der Waals surface area contributed by atoms with Crippen LogP contribution in [0.3, 0.4) is 0 Å². The van der Waals surface area contributed by atoms with Crippen LogP contribution in [0.15, 0.2) is 48.5 Å². The average molecular weight is 339 g/mol. The summed E-state index contributed by atoms with van der Waals surface area (Å²) in [5.74, 6) is 0. The largest absolute Gasteiger partial charge is 0.372 e. The molecule has 0 unspecified atom stereocenters. The van der Waals surface area contributed by atoms with Gasteiger partial charge >= 0.3 is 0 Å². The maximum absolute atomic E-state index is 5.91. The van der Waals surface area contributed by atoms with E-state index < -0.39 is 17.6 Å². The Labute approximate surface area is 142 Å². The minimum Gasteiger partial charge on any atom is -0.372 e. The molecule has 0 saturated carbocycles. The van der Waals surface area contributed by atoms with E-state index in [4.69, 9.17) is 4.74 Å². The van der Waals surface area contributed by atoms with Crippen molar-refractivity contribution in [1.29, 1.82) is 0 Å². The maximum atomic E-state index is 5.91. The molecule has 0 N–H and O–H groups in total. The lowest BCUT2D eigenvalue weighted by molar-refractivity contribution is 0.107. The molecule has 2 aliphatic rings. The highest BCUT2D eigenvalue weighted by Crippen LogP contribution is 2.20. The second kappa shape index (κ2) is 7.16. The molecule has 0 aliphatic carbocycles. The van der Waals surface area contributed by atoms with E-state index in [1.54, 1.807) is 10.4 Å². The Morgan fingerprint density at radius 1 is 0.609 bits per heavy atom. The van der Waals surface area contributed by atoms with Crippen LogP contribution in [0.4, 0.5) is 0 Å². The van der Waals surface area contributed by atoms with E-state index in [0.29, 0.717) is 0 Å². The Morgan fingerprint density at radius 3 is 1.30 bits per heavy atom. The van der Waals surface area contributed by atoms with Crippen molar-refractivity contribution in [2.45, 2.75) is 50.2 Å². The topological polar surface area (TPSA) is 9.23 Å². The van der Waals surface area contributed by atoms with Gasteiger partial charge in [0.15, 0.2) is 0 Å². The van der Waals surface area contributed by atoms with Crippen molar-refractivity contribution in [2.24, 2.45) is 0 Å². The normalized spacial score (nSPS) is 18.4. The van der Waals surface area contributed by atoms with Crippen LogP contribution in [0.2, 0.25) is 24.2 Å². The monoisotopic (exact) mass is 338 g/mol. The second-order valence-corrected chi connectivity index (χ2v) is 13.7. The van der Waals surface area contributed by atoms with Gasteiger partial charge < -0.3 is 4.74 Å². The summed E-state index contributed by atoms with van der Waals surface area (Å²) in [6.07, 6.45) is 2.92. The van der Waals surface area contributed by atoms with Gasteiger partial charge in [0.2, 0.25) is 0 Å². The summed E-state index contributed by atoms with van der Waals surface area (Å²) in [6, 6.07) is 24.5. The lowest BCUT2D eigenvalue weighted by Gasteiger charge is -2.24. The number of ether oxygens (including phenoxy) is 1. The lowest BCUT2D eigenvalue weighted by atomic mass is 10.2. The van der Waals surface area contributed by atoms with E-state index in [1.807, 2.05) is 0 Å². The van der Waals surface area contributed by atoms with Gasteiger partial charge in [-0.2, -0.15) is 0 Å². The Hall–Kier alpha value is -1.17. The highest BCUT2D eigenvalue weighted by atomic mass is 28.3. The fraction of sp³-hybridized carbons (Fsp3) is 0.400. The Kier molecular flexibility index (Phi) is 4.78. The van der Waals surface area contributed by atoms with Gasteiger partial charge in [0, 0.05) is 0 Å². The van der Waals surface area contributed by atoms with Gasteiger partial charge in [-0.05, 0) is 11.1 Å². The zero-order chi connectivity index (χ0) is 15.5. The van der Waals surface area contributed by atoms with Crippen molar-refractivity contribution in [3.05, 3.63) is 59.7 Å². The van der Waals surface area contributed by atoms with Crippen molar-refractivity contribution in [1.82, 2.24) is 0 Å². The number of hydrogen-bond acceptors (Lipinski definition) is 1. The summed E-state index contributed by atoms with van der Waals surface area (Å²) in [5, 5.41) is 3.30. The van der Waals surface area contributed by atoms with Crippen LogP contribution >= 0.6 is 0 Å². The predicted octanol–water partition coefficient (Wildman–Crippen LogP) is 3.08. The summed E-state index contributed by atoms with van der Waals surface area (Å²) in [6.45, 7) is 1.46. The first-order valence-corrected chi connectivity index (χ1v) is 13.6. The molecule has 2 heterocycles. The lowest BCUT2D eigenvalue weighted by Crippen LogP contribution is -2.35. The fourth-order valence-corrected chi connectivity index (χ4v) is 7.98. The first-order valence-electron chi connectivity index (χ1n) is 9.14. The predicted molar refractivity (Wildman–Crippen MR) is 103 cm³/mol. The van der Waals surface area contributed by atoms with Gasteiger partial charge in [0.25, 0.3) is 0 Å². The Bertz CT molecular complexity index is 570. The van der Waals surface area contributed by atoms with Crippen LogP contribution in [-0.2, 0) is 18.0 Å². The van der Waals surface area contributed by atoms with Crippen LogP contribution < -0.4 is 10.4 Å². The zero-order valence-corrected chi connectivity index (χ0v) is 16.1. The number of hydrogen-bond donors (Lipinski definition) is 0. The molecule has 1 nitrogen and oxygen atoms in total. The van der Waals surface area contributed by atoms with Crippen LogP contribution in [0.1, 0.15) is 24.0 Å². The van der Waals surface area contributed by atoms with Crippen LogP contribution in [0.25, 0.3) is 0 Å². The molecule has 0 spiro atoms. The fourth-order valence-electron chi connectivity index (χ4n) is 3.54. The van der Waals surface area contributed by atoms with Crippen molar-refractivity contribution >= 4 is 28.0 Å². The third-order valence-electron chi connectivity index (χ3n) is 5.65. The van der Waals surface area contributed by atoms with Crippen LogP contribution in [-0.4, -0.2) is 17.6 Å². The third-order valence-corrected chi connectivity index (χ3v) is 12.7. The van der Waals surface area contributed by atoms with E-state index in [1.165, 1.54) is 48.1 Å². The molecule has 2 aliphatic heterocycles. The van der Waals surface area contributed by atoms with Gasteiger partial charge in [-0.25, -0.2) is 0 Å². The molecule has 3 heteroatoms. The summed E-state index contributed by atoms with van der Waals surface area (Å²) in [5.41, 5.74) is 2.61. The highest BCUT2D eigenvalue weighted by Gasteiger charge is 2.21. The minimum absolute atomic E-state index is 0.505. The van der Waals surface area contributed by atoms with Gasteiger partial charge in [0.05, 0.1) is 30.8 Å². The van der Waals surface area contributed by atoms with Gasteiger partial charge in [-0.1, -0.05) is 95.9 Å². The van der Waals surface area contributed by atoms with Crippen molar-refractivity contribution < 1.29 is 4.74 Å². The van der Waals surface area contributed by atoms with E-state index >= 15 is 0 Å². The summed E-state index contributed by atoms with van der Waals surface area (Å²) in [4.78, 5) is 0. The molecule has 0 aromatic heterocycles. The van der Waals surface area contributed by atoms with Gasteiger partial charge in [0.1, 0.15) is 0 Å². The summed E-state index contributed by atoms with van der Waals surface area (Å²) >= 11 is 0. The van der Waals surface area contributed by atoms with Crippen molar-refractivity contribution in [2.75, 3.05) is 0 Å². The zero-order valence-electron chi connectivity index (χ0n) is 13.8. The standard InChI is InChI=1S/C20H26OSi2/c1-11-22(12-1)19-7-3-17(4-8-19)15-21-16-18-5-9-20(10-6-18)23-13-2-14-23/h3-10,22-23H,1-2,11-16H2. The molecular formula is C20H26OSi2. The molecule has 2 aromatic carbocycles. The Morgan fingerprint density at radius 2 is 1.00 bits per heavy atom. The second-order valence-electron chi connectivity index (χ2n) is 7.23. The molecule has 23 heavy (non-hydrogen) atoms. The van der Waals surface area contributed by atoms with E-state index in [2.05, 4.69) is 48.5 Å². The molecule has 4 rings (SSSR count). The minimum atomic E-state index is -0.505. The van der Waals surface area contributed by atoms with Gasteiger partial charge in [-0.3, -0.25) is 0 Å². The van der Waals surface area contributed by atoms with Gasteiger partial charge in [-0.15, -0.1) is 0 Å². The molecule has 2 fully saturated rings. The maximum Gasteiger partial charge on any atom is 0.0721 e. The highest BCUT2D eigenvalue weighted by molar-refractivity contribution is 6.75. The summed E-state index contributed by atoms with van der Waals surface area (Å²) < 4.78 is 5.91. The summed E-state index contributed by atoms with van der Waals surface area (Å²) in [7, 11) is -1.01. The first-order chi connectivity index (χ1) is 11.4. The molecule has 2 saturated heterocycles. The molecule has 120 valence electrons. The molecule has 0 radical (unpaired) electrons. The molecule has 0 bridgehead atoms. The van der Waals surface area contributed by atoms with Crippen molar-refractivity contribution in [3.8, 4) is 0 Å². The molecule has 0 atom stereocenters. The van der Waals surface area contributed by atoms with Crippen LogP contribution in [0, 0.1) is 0 Å². The third kappa shape index (κ3) is 3.68. The average Bonchev–Trinajstić information content (AvgIpc) is 2.47. The smallest absolute Gasteiger partial charge is 0.0721 e. The first kappa shape index (κ1) is 15.4. The van der Waals surface area contributed by atoms with E-state index in [9.17, 15) is 0 Å². The van der Waals surface area contributed by atoms with E-state index in [0.717, 1.165) is 13.2 Å². The molecule has 2 aromatic rings. The van der Waals surface area contributed by atoms with E-state index in [-0.39, 0.29) is 0 Å².